The lowest BCUT2D eigenvalue weighted by Crippen LogP contribution is -2.34. The van der Waals surface area contributed by atoms with Gasteiger partial charge in [-0.1, -0.05) is 18.2 Å². The Balaban J connectivity index is 1.74. The summed E-state index contributed by atoms with van der Waals surface area (Å²) in [6.45, 7) is 0.901. The predicted molar refractivity (Wildman–Crippen MR) is 76.2 cm³/mol. The first-order chi connectivity index (χ1) is 10.0. The molecule has 2 unspecified atom stereocenters. The molecule has 112 valence electrons. The summed E-state index contributed by atoms with van der Waals surface area (Å²) in [5.41, 5.74) is 1.03. The van der Waals surface area contributed by atoms with E-state index in [1.165, 1.54) is 0 Å². The first-order valence-corrected chi connectivity index (χ1v) is 7.24. The maximum atomic E-state index is 12.5. The number of para-hydroxylation sites is 1. The van der Waals surface area contributed by atoms with Gasteiger partial charge in [0.15, 0.2) is 0 Å². The van der Waals surface area contributed by atoms with Gasteiger partial charge in [-0.2, -0.15) is 0 Å². The molecule has 1 fully saturated rings. The number of carbonyl (C=O) groups excluding carboxylic acids is 1. The van der Waals surface area contributed by atoms with Crippen molar-refractivity contribution in [3.05, 3.63) is 29.8 Å². The lowest BCUT2D eigenvalue weighted by Gasteiger charge is -2.27. The first kappa shape index (κ1) is 13.9. The number of benzene rings is 1. The maximum absolute atomic E-state index is 12.5. The zero-order valence-corrected chi connectivity index (χ0v) is 12.0. The summed E-state index contributed by atoms with van der Waals surface area (Å²) in [6, 6.07) is 7.91. The van der Waals surface area contributed by atoms with Gasteiger partial charge < -0.3 is 14.7 Å². The lowest BCUT2D eigenvalue weighted by molar-refractivity contribution is -0.138. The van der Waals surface area contributed by atoms with Gasteiger partial charge in [0, 0.05) is 30.5 Å². The SMILES string of the molecule is CN(CCC(=O)O)C(=O)C1CC12CCOc1ccccc12. The molecule has 1 saturated carbocycles. The van der Waals surface area contributed by atoms with Crippen LogP contribution in [0.4, 0.5) is 0 Å². The average Bonchev–Trinajstić information content (AvgIpc) is 3.19. The van der Waals surface area contributed by atoms with Crippen molar-refractivity contribution in [1.82, 2.24) is 4.90 Å². The quantitative estimate of drug-likeness (QED) is 0.915. The highest BCUT2D eigenvalue weighted by Gasteiger charge is 2.61. The molecule has 1 heterocycles. The van der Waals surface area contributed by atoms with Crippen molar-refractivity contribution < 1.29 is 19.4 Å². The number of fused-ring (bicyclic) bond motifs is 2. The van der Waals surface area contributed by atoms with E-state index in [-0.39, 0.29) is 30.2 Å². The van der Waals surface area contributed by atoms with Crippen molar-refractivity contribution in [2.45, 2.75) is 24.7 Å². The predicted octanol–water partition coefficient (Wildman–Crippen LogP) is 1.66. The van der Waals surface area contributed by atoms with Gasteiger partial charge in [0.05, 0.1) is 13.0 Å². The van der Waals surface area contributed by atoms with E-state index in [2.05, 4.69) is 0 Å². The molecule has 0 aromatic heterocycles. The van der Waals surface area contributed by atoms with Crippen LogP contribution in [-0.2, 0) is 15.0 Å². The Morgan fingerprint density at radius 3 is 2.95 bits per heavy atom. The molecule has 1 aromatic rings. The smallest absolute Gasteiger partial charge is 0.305 e. The van der Waals surface area contributed by atoms with Crippen LogP contribution in [0, 0.1) is 5.92 Å². The monoisotopic (exact) mass is 289 g/mol. The number of carboxylic acids is 1. The van der Waals surface area contributed by atoms with Crippen LogP contribution in [-0.4, -0.2) is 42.1 Å². The fourth-order valence-corrected chi connectivity index (χ4v) is 3.32. The van der Waals surface area contributed by atoms with Crippen LogP contribution in [0.1, 0.15) is 24.8 Å². The van der Waals surface area contributed by atoms with E-state index in [4.69, 9.17) is 9.84 Å². The third-order valence-electron chi connectivity index (χ3n) is 4.64. The van der Waals surface area contributed by atoms with Crippen molar-refractivity contribution in [1.29, 1.82) is 0 Å². The molecule has 5 heteroatoms. The van der Waals surface area contributed by atoms with Crippen LogP contribution in [0.15, 0.2) is 24.3 Å². The standard InChI is InChI=1S/C16H19NO4/c1-17(8-6-14(18)19)15(20)12-10-16(12)7-9-21-13-5-3-2-4-11(13)16/h2-5,12H,6-10H2,1H3,(H,18,19). The van der Waals surface area contributed by atoms with Crippen molar-refractivity contribution in [2.75, 3.05) is 20.2 Å². The molecule has 1 spiro atoms. The van der Waals surface area contributed by atoms with Crippen LogP contribution >= 0.6 is 0 Å². The Labute approximate surface area is 123 Å². The second kappa shape index (κ2) is 5.06. The minimum absolute atomic E-state index is 0.0122. The van der Waals surface area contributed by atoms with Gasteiger partial charge in [-0.05, 0) is 18.9 Å². The minimum Gasteiger partial charge on any atom is -0.493 e. The molecule has 5 nitrogen and oxygen atoms in total. The average molecular weight is 289 g/mol. The van der Waals surface area contributed by atoms with E-state index in [0.717, 1.165) is 24.2 Å². The Morgan fingerprint density at radius 2 is 2.19 bits per heavy atom. The Morgan fingerprint density at radius 1 is 1.43 bits per heavy atom. The molecule has 2 atom stereocenters. The summed E-state index contributed by atoms with van der Waals surface area (Å²) in [6.07, 6.45) is 1.68. The summed E-state index contributed by atoms with van der Waals surface area (Å²) in [4.78, 5) is 24.7. The first-order valence-electron chi connectivity index (χ1n) is 7.24. The number of nitrogens with zero attached hydrogens (tertiary/aromatic N) is 1. The fraction of sp³-hybridized carbons (Fsp3) is 0.500. The molecular weight excluding hydrogens is 270 g/mol. The van der Waals surface area contributed by atoms with Crippen molar-refractivity contribution in [3.63, 3.8) is 0 Å². The zero-order chi connectivity index (χ0) is 15.0. The summed E-state index contributed by atoms with van der Waals surface area (Å²) < 4.78 is 5.66. The molecule has 1 aliphatic heterocycles. The van der Waals surface area contributed by atoms with E-state index in [1.807, 2.05) is 24.3 Å². The summed E-state index contributed by atoms with van der Waals surface area (Å²) >= 11 is 0. The minimum atomic E-state index is -0.878. The molecule has 3 rings (SSSR count). The second-order valence-electron chi connectivity index (χ2n) is 5.91. The highest BCUT2D eigenvalue weighted by Crippen LogP contribution is 2.61. The number of hydrogen-bond donors (Lipinski definition) is 1. The van der Waals surface area contributed by atoms with E-state index in [9.17, 15) is 9.59 Å². The van der Waals surface area contributed by atoms with Crippen LogP contribution in [0.3, 0.4) is 0 Å². The van der Waals surface area contributed by atoms with Gasteiger partial charge in [-0.15, -0.1) is 0 Å². The number of hydrogen-bond acceptors (Lipinski definition) is 3. The molecule has 1 amide bonds. The second-order valence-corrected chi connectivity index (χ2v) is 5.91. The Kier molecular flexibility index (Phi) is 3.35. The van der Waals surface area contributed by atoms with Crippen molar-refractivity contribution in [2.24, 2.45) is 5.92 Å². The molecule has 0 saturated heterocycles. The largest absolute Gasteiger partial charge is 0.493 e. The lowest BCUT2D eigenvalue weighted by atomic mass is 9.87. The van der Waals surface area contributed by atoms with Gasteiger partial charge in [0.25, 0.3) is 0 Å². The molecule has 21 heavy (non-hydrogen) atoms. The summed E-state index contributed by atoms with van der Waals surface area (Å²) in [5.74, 6) is 0.0121. The zero-order valence-electron chi connectivity index (χ0n) is 12.0. The number of amides is 1. The highest BCUT2D eigenvalue weighted by atomic mass is 16.5. The van der Waals surface area contributed by atoms with E-state index < -0.39 is 5.97 Å². The van der Waals surface area contributed by atoms with Gasteiger partial charge >= 0.3 is 5.97 Å². The van der Waals surface area contributed by atoms with Crippen molar-refractivity contribution in [3.8, 4) is 5.75 Å². The van der Waals surface area contributed by atoms with Gasteiger partial charge in [-0.25, -0.2) is 0 Å². The molecule has 0 bridgehead atoms. The maximum Gasteiger partial charge on any atom is 0.305 e. The van der Waals surface area contributed by atoms with Crippen LogP contribution in [0.25, 0.3) is 0 Å². The highest BCUT2D eigenvalue weighted by molar-refractivity contribution is 5.85. The van der Waals surface area contributed by atoms with Gasteiger partial charge in [0.1, 0.15) is 5.75 Å². The fourth-order valence-electron chi connectivity index (χ4n) is 3.32. The number of ether oxygens (including phenoxy) is 1. The number of rotatable bonds is 4. The molecule has 0 radical (unpaired) electrons. The molecule has 1 aliphatic carbocycles. The van der Waals surface area contributed by atoms with Crippen LogP contribution in [0.2, 0.25) is 0 Å². The van der Waals surface area contributed by atoms with Crippen LogP contribution < -0.4 is 4.74 Å². The van der Waals surface area contributed by atoms with Crippen LogP contribution in [0.5, 0.6) is 5.75 Å². The number of carbonyl (C=O) groups is 2. The van der Waals surface area contributed by atoms with E-state index >= 15 is 0 Å². The molecule has 1 N–H and O–H groups in total. The summed E-state index contributed by atoms with van der Waals surface area (Å²) in [5, 5.41) is 8.72. The number of aliphatic carboxylic acids is 1. The molecular formula is C16H19NO4. The third kappa shape index (κ3) is 2.37. The molecule has 2 aliphatic rings. The van der Waals surface area contributed by atoms with E-state index in [1.54, 1.807) is 11.9 Å². The topological polar surface area (TPSA) is 66.8 Å². The third-order valence-corrected chi connectivity index (χ3v) is 4.64. The van der Waals surface area contributed by atoms with Gasteiger partial charge in [-0.3, -0.25) is 9.59 Å². The Hall–Kier alpha value is -2.04. The Bertz CT molecular complexity index is 585. The number of carboxylic acid groups (broad SMARTS) is 1. The van der Waals surface area contributed by atoms with Crippen molar-refractivity contribution >= 4 is 11.9 Å². The van der Waals surface area contributed by atoms with E-state index in [0.29, 0.717) is 6.61 Å². The molecule has 1 aromatic carbocycles. The summed E-state index contributed by atoms with van der Waals surface area (Å²) in [7, 11) is 1.68. The normalized spacial score (nSPS) is 25.9. The van der Waals surface area contributed by atoms with Gasteiger partial charge in [0.2, 0.25) is 5.91 Å².